The minimum Gasteiger partial charge on any atom is -0.467 e. The van der Waals surface area contributed by atoms with Crippen LogP contribution in [0, 0.1) is 12.7 Å². The summed E-state index contributed by atoms with van der Waals surface area (Å²) in [5.74, 6) is 0.405. The molecule has 2 aromatic rings. The molecule has 2 rings (SSSR count). The van der Waals surface area contributed by atoms with E-state index in [2.05, 4.69) is 5.32 Å². The third kappa shape index (κ3) is 2.57. The van der Waals surface area contributed by atoms with E-state index in [0.717, 1.165) is 11.3 Å². The number of furan rings is 1. The van der Waals surface area contributed by atoms with E-state index >= 15 is 0 Å². The molecule has 0 amide bonds. The van der Waals surface area contributed by atoms with E-state index < -0.39 is 0 Å². The van der Waals surface area contributed by atoms with Crippen molar-refractivity contribution in [1.29, 1.82) is 0 Å². The third-order valence-electron chi connectivity index (χ3n) is 2.85. The molecule has 0 saturated carbocycles. The molecule has 0 fully saturated rings. The standard InChI is InChI=1S/C14H15ClFNO/c1-3-17-13(14-9(2)6-7-18-14)11-5-4-10(15)8-12(11)16/h4-8,13,17H,3H2,1-2H3. The summed E-state index contributed by atoms with van der Waals surface area (Å²) in [6.45, 7) is 4.63. The van der Waals surface area contributed by atoms with Gasteiger partial charge in [0.2, 0.25) is 0 Å². The van der Waals surface area contributed by atoms with Gasteiger partial charge in [-0.3, -0.25) is 0 Å². The second-order valence-electron chi connectivity index (χ2n) is 4.12. The third-order valence-corrected chi connectivity index (χ3v) is 3.08. The highest BCUT2D eigenvalue weighted by Crippen LogP contribution is 2.28. The predicted octanol–water partition coefficient (Wildman–Crippen LogP) is 4.08. The van der Waals surface area contributed by atoms with E-state index in [-0.39, 0.29) is 11.9 Å². The predicted molar refractivity (Wildman–Crippen MR) is 70.4 cm³/mol. The summed E-state index contributed by atoms with van der Waals surface area (Å²) < 4.78 is 19.4. The summed E-state index contributed by atoms with van der Waals surface area (Å²) in [5.41, 5.74) is 1.54. The van der Waals surface area contributed by atoms with Crippen LogP contribution in [0.3, 0.4) is 0 Å². The highest BCUT2D eigenvalue weighted by molar-refractivity contribution is 6.30. The molecule has 0 aliphatic carbocycles. The van der Waals surface area contributed by atoms with Crippen LogP contribution in [0.5, 0.6) is 0 Å². The lowest BCUT2D eigenvalue weighted by molar-refractivity contribution is 0.439. The lowest BCUT2D eigenvalue weighted by Crippen LogP contribution is -2.23. The van der Waals surface area contributed by atoms with E-state index in [1.54, 1.807) is 18.4 Å². The Morgan fingerprint density at radius 1 is 1.39 bits per heavy atom. The minimum atomic E-state index is -0.329. The Bertz CT molecular complexity index is 538. The smallest absolute Gasteiger partial charge is 0.129 e. The lowest BCUT2D eigenvalue weighted by Gasteiger charge is -2.18. The molecule has 18 heavy (non-hydrogen) atoms. The fourth-order valence-corrected chi connectivity index (χ4v) is 2.12. The Hall–Kier alpha value is -1.32. The van der Waals surface area contributed by atoms with Crippen molar-refractivity contribution in [3.8, 4) is 0 Å². The molecule has 1 unspecified atom stereocenters. The molecular formula is C14H15ClFNO. The van der Waals surface area contributed by atoms with Gasteiger partial charge in [0.1, 0.15) is 11.6 Å². The van der Waals surface area contributed by atoms with Gasteiger partial charge in [-0.25, -0.2) is 4.39 Å². The lowest BCUT2D eigenvalue weighted by atomic mass is 10.0. The van der Waals surface area contributed by atoms with Crippen molar-refractivity contribution in [3.63, 3.8) is 0 Å². The molecule has 0 bridgehead atoms. The summed E-state index contributed by atoms with van der Waals surface area (Å²) >= 11 is 5.77. The molecule has 96 valence electrons. The number of aryl methyl sites for hydroxylation is 1. The highest BCUT2D eigenvalue weighted by atomic mass is 35.5. The quantitative estimate of drug-likeness (QED) is 0.903. The fourth-order valence-electron chi connectivity index (χ4n) is 1.96. The second-order valence-corrected chi connectivity index (χ2v) is 4.56. The van der Waals surface area contributed by atoms with Gasteiger partial charge in [0.15, 0.2) is 0 Å². The Morgan fingerprint density at radius 3 is 2.72 bits per heavy atom. The van der Waals surface area contributed by atoms with E-state index in [1.807, 2.05) is 19.9 Å². The summed E-state index contributed by atoms with van der Waals surface area (Å²) in [6, 6.07) is 6.27. The SMILES string of the molecule is CCNC(c1ccc(Cl)cc1F)c1occc1C. The maximum absolute atomic E-state index is 14.0. The first-order chi connectivity index (χ1) is 8.63. The van der Waals surface area contributed by atoms with Gasteiger partial charge < -0.3 is 9.73 Å². The molecule has 0 aliphatic rings. The van der Waals surface area contributed by atoms with Crippen LogP contribution >= 0.6 is 11.6 Å². The van der Waals surface area contributed by atoms with Crippen molar-refractivity contribution >= 4 is 11.6 Å². The average molecular weight is 268 g/mol. The molecule has 1 aromatic carbocycles. The molecule has 1 aromatic heterocycles. The van der Waals surface area contributed by atoms with Crippen molar-refractivity contribution < 1.29 is 8.81 Å². The summed E-state index contributed by atoms with van der Waals surface area (Å²) in [5, 5.41) is 3.62. The minimum absolute atomic E-state index is 0.290. The van der Waals surface area contributed by atoms with Gasteiger partial charge >= 0.3 is 0 Å². The maximum Gasteiger partial charge on any atom is 0.129 e. The zero-order valence-corrected chi connectivity index (χ0v) is 11.1. The van der Waals surface area contributed by atoms with Crippen molar-refractivity contribution in [2.75, 3.05) is 6.54 Å². The Morgan fingerprint density at radius 2 is 2.17 bits per heavy atom. The van der Waals surface area contributed by atoms with E-state index in [9.17, 15) is 4.39 Å². The Kier molecular flexibility index (Phi) is 4.04. The van der Waals surface area contributed by atoms with Crippen LogP contribution < -0.4 is 5.32 Å². The van der Waals surface area contributed by atoms with Crippen molar-refractivity contribution in [1.82, 2.24) is 5.32 Å². The van der Waals surface area contributed by atoms with Crippen LogP contribution in [-0.4, -0.2) is 6.54 Å². The second kappa shape index (κ2) is 5.55. The van der Waals surface area contributed by atoms with Crippen LogP contribution in [0.2, 0.25) is 5.02 Å². The van der Waals surface area contributed by atoms with Gasteiger partial charge in [-0.05, 0) is 37.2 Å². The number of benzene rings is 1. The number of hydrogen-bond acceptors (Lipinski definition) is 2. The fraction of sp³-hybridized carbons (Fsp3) is 0.286. The van der Waals surface area contributed by atoms with Crippen LogP contribution in [0.15, 0.2) is 34.9 Å². The molecule has 0 aliphatic heterocycles. The maximum atomic E-state index is 14.0. The van der Waals surface area contributed by atoms with Crippen molar-refractivity contribution in [3.05, 3.63) is 58.3 Å². The van der Waals surface area contributed by atoms with Crippen LogP contribution in [0.4, 0.5) is 4.39 Å². The summed E-state index contributed by atoms with van der Waals surface area (Å²) in [6.07, 6.45) is 1.61. The van der Waals surface area contributed by atoms with Gasteiger partial charge in [-0.15, -0.1) is 0 Å². The topological polar surface area (TPSA) is 25.2 Å². The molecule has 1 N–H and O–H groups in total. The van der Waals surface area contributed by atoms with Crippen molar-refractivity contribution in [2.24, 2.45) is 0 Å². The van der Waals surface area contributed by atoms with Crippen molar-refractivity contribution in [2.45, 2.75) is 19.9 Å². The van der Waals surface area contributed by atoms with E-state index in [4.69, 9.17) is 16.0 Å². The van der Waals surface area contributed by atoms with Crippen LogP contribution in [0.1, 0.15) is 29.9 Å². The number of rotatable bonds is 4. The zero-order valence-electron chi connectivity index (χ0n) is 10.3. The van der Waals surface area contributed by atoms with Gasteiger partial charge in [-0.2, -0.15) is 0 Å². The average Bonchev–Trinajstić information content (AvgIpc) is 2.73. The monoisotopic (exact) mass is 267 g/mol. The summed E-state index contributed by atoms with van der Waals surface area (Å²) in [4.78, 5) is 0. The van der Waals surface area contributed by atoms with Crippen LogP contribution in [-0.2, 0) is 0 Å². The molecule has 0 radical (unpaired) electrons. The Balaban J connectivity index is 2.45. The summed E-state index contributed by atoms with van der Waals surface area (Å²) in [7, 11) is 0. The van der Waals surface area contributed by atoms with Crippen LogP contribution in [0.25, 0.3) is 0 Å². The number of halogens is 2. The number of hydrogen-bond donors (Lipinski definition) is 1. The molecular weight excluding hydrogens is 253 g/mol. The normalized spacial score (nSPS) is 12.7. The first-order valence-corrected chi connectivity index (χ1v) is 6.23. The first-order valence-electron chi connectivity index (χ1n) is 5.85. The molecule has 4 heteroatoms. The molecule has 2 nitrogen and oxygen atoms in total. The zero-order chi connectivity index (χ0) is 13.1. The van der Waals surface area contributed by atoms with E-state index in [0.29, 0.717) is 17.1 Å². The molecule has 0 spiro atoms. The largest absolute Gasteiger partial charge is 0.467 e. The van der Waals surface area contributed by atoms with E-state index in [1.165, 1.54) is 6.07 Å². The Labute approximate surface area is 111 Å². The van der Waals surface area contributed by atoms with Gasteiger partial charge in [0.25, 0.3) is 0 Å². The number of nitrogens with one attached hydrogen (secondary N) is 1. The van der Waals surface area contributed by atoms with Gasteiger partial charge in [0.05, 0.1) is 12.3 Å². The molecule has 1 heterocycles. The molecule has 1 atom stereocenters. The van der Waals surface area contributed by atoms with Gasteiger partial charge in [0, 0.05) is 10.6 Å². The highest BCUT2D eigenvalue weighted by Gasteiger charge is 2.21. The molecule has 0 saturated heterocycles. The van der Waals surface area contributed by atoms with Gasteiger partial charge in [-0.1, -0.05) is 24.6 Å². The first kappa shape index (κ1) is 13.1.